The molecule has 20 heavy (non-hydrogen) atoms. The van der Waals surface area contributed by atoms with Crippen molar-refractivity contribution in [3.05, 3.63) is 56.3 Å². The molecule has 108 valence electrons. The monoisotopic (exact) mass is 337 g/mol. The smallest absolute Gasteiger partial charge is 0.265 e. The minimum absolute atomic E-state index is 0.0137. The molecule has 1 nitrogen and oxygen atoms in total. The molecule has 0 radical (unpaired) electrons. The quantitative estimate of drug-likeness (QED) is 0.677. The molecule has 6 heteroatoms. The van der Waals surface area contributed by atoms with Gasteiger partial charge in [-0.1, -0.05) is 41.7 Å². The van der Waals surface area contributed by atoms with Gasteiger partial charge in [-0.2, -0.15) is 0 Å². The zero-order valence-corrected chi connectivity index (χ0v) is 12.8. The summed E-state index contributed by atoms with van der Waals surface area (Å²) in [5.74, 6) is -0.0151. The van der Waals surface area contributed by atoms with Crippen LogP contribution in [0.15, 0.2) is 24.4 Å². The second-order valence-corrected chi connectivity index (χ2v) is 5.89. The van der Waals surface area contributed by atoms with Crippen molar-refractivity contribution in [3.8, 4) is 0 Å². The van der Waals surface area contributed by atoms with Crippen LogP contribution >= 0.6 is 34.8 Å². The van der Waals surface area contributed by atoms with Crippen LogP contribution in [0.25, 0.3) is 0 Å². The lowest BCUT2D eigenvalue weighted by Gasteiger charge is -2.13. The van der Waals surface area contributed by atoms with E-state index >= 15 is 0 Å². The molecule has 0 bridgehead atoms. The van der Waals surface area contributed by atoms with Crippen LogP contribution in [0, 0.1) is 0 Å². The highest BCUT2D eigenvalue weighted by Gasteiger charge is 2.16. The van der Waals surface area contributed by atoms with Gasteiger partial charge in [0.15, 0.2) is 0 Å². The summed E-state index contributed by atoms with van der Waals surface area (Å²) in [6, 6.07) is 4.71. The Balaban J connectivity index is 2.21. The normalized spacial score (nSPS) is 12.9. The first-order valence-electron chi connectivity index (χ1n) is 5.98. The Kier molecular flexibility index (Phi) is 4.95. The Morgan fingerprint density at radius 3 is 2.20 bits per heavy atom. The molecule has 0 spiro atoms. The van der Waals surface area contributed by atoms with Crippen LogP contribution in [-0.4, -0.2) is 4.98 Å². The van der Waals surface area contributed by atoms with Gasteiger partial charge in [-0.25, -0.2) is 8.78 Å². The largest absolute Gasteiger partial charge is 0.364 e. The molecule has 0 saturated carbocycles. The summed E-state index contributed by atoms with van der Waals surface area (Å²) in [5.41, 5.74) is 1.47. The topological polar surface area (TPSA) is 15.8 Å². The number of hydrogen-bond donors (Lipinski definition) is 1. The van der Waals surface area contributed by atoms with Gasteiger partial charge in [-0.15, -0.1) is 0 Å². The average Bonchev–Trinajstić information content (AvgIpc) is 2.83. The van der Waals surface area contributed by atoms with Crippen molar-refractivity contribution in [2.24, 2.45) is 0 Å². The number of H-pyrrole nitrogens is 1. The van der Waals surface area contributed by atoms with E-state index in [1.54, 1.807) is 12.1 Å². The first-order valence-corrected chi connectivity index (χ1v) is 7.11. The molecule has 1 aromatic carbocycles. The number of hydrogen-bond acceptors (Lipinski definition) is 0. The molecule has 2 aromatic rings. The molecule has 1 unspecified atom stereocenters. The Bertz CT molecular complexity index is 587. The maximum absolute atomic E-state index is 12.6. The van der Waals surface area contributed by atoms with Gasteiger partial charge in [-0.05, 0) is 30.2 Å². The molecule has 0 aliphatic carbocycles. The fraction of sp³-hybridized carbons (Fsp3) is 0.286. The van der Waals surface area contributed by atoms with Crippen LogP contribution in [0.1, 0.15) is 36.1 Å². The Morgan fingerprint density at radius 2 is 1.70 bits per heavy atom. The number of halogens is 5. The summed E-state index contributed by atoms with van der Waals surface area (Å²) in [5, 5.41) is 1.43. The van der Waals surface area contributed by atoms with E-state index in [-0.39, 0.29) is 11.5 Å². The van der Waals surface area contributed by atoms with Crippen molar-refractivity contribution in [1.82, 2.24) is 4.98 Å². The van der Waals surface area contributed by atoms with Gasteiger partial charge in [0.05, 0.1) is 0 Å². The van der Waals surface area contributed by atoms with Crippen LogP contribution in [0.4, 0.5) is 8.78 Å². The Labute approximate surface area is 130 Å². The number of benzene rings is 1. The van der Waals surface area contributed by atoms with Crippen LogP contribution in [0.3, 0.4) is 0 Å². The first-order chi connectivity index (χ1) is 9.38. The number of aromatic nitrogens is 1. The van der Waals surface area contributed by atoms with Gasteiger partial charge in [0.1, 0.15) is 0 Å². The van der Waals surface area contributed by atoms with Crippen molar-refractivity contribution >= 4 is 34.8 Å². The standard InChI is InChI=1S/C14H12Cl3F2N/c1-7(13-3-8(6-20-13)14(18)19)2-10-11(16)4-9(15)5-12(10)17/h3-7,14,20H,2H2,1H3. The Hall–Kier alpha value is -0.770. The van der Waals surface area contributed by atoms with Gasteiger partial charge in [0.25, 0.3) is 6.43 Å². The van der Waals surface area contributed by atoms with Crippen molar-refractivity contribution in [2.45, 2.75) is 25.7 Å². The molecule has 1 N–H and O–H groups in total. The molecule has 1 atom stereocenters. The lowest BCUT2D eigenvalue weighted by Crippen LogP contribution is -2.00. The molecule has 1 heterocycles. The highest BCUT2D eigenvalue weighted by molar-refractivity contribution is 6.39. The molecular formula is C14H12Cl3F2N. The maximum Gasteiger partial charge on any atom is 0.265 e. The number of alkyl halides is 2. The van der Waals surface area contributed by atoms with Crippen LogP contribution < -0.4 is 0 Å². The molecule has 0 aliphatic heterocycles. The second kappa shape index (κ2) is 6.33. The maximum atomic E-state index is 12.6. The summed E-state index contributed by atoms with van der Waals surface area (Å²) in [7, 11) is 0. The van der Waals surface area contributed by atoms with E-state index in [2.05, 4.69) is 4.98 Å². The number of aromatic amines is 1. The SMILES string of the molecule is CC(Cc1c(Cl)cc(Cl)cc1Cl)c1cc(C(F)F)c[nH]1. The highest BCUT2D eigenvalue weighted by atomic mass is 35.5. The molecule has 2 rings (SSSR count). The van der Waals surface area contributed by atoms with Gasteiger partial charge in [-0.3, -0.25) is 0 Å². The third-order valence-corrected chi connectivity index (χ3v) is 4.02. The van der Waals surface area contributed by atoms with Crippen LogP contribution in [0.2, 0.25) is 15.1 Å². The first kappa shape index (κ1) is 15.6. The molecular weight excluding hydrogens is 327 g/mol. The van der Waals surface area contributed by atoms with E-state index < -0.39 is 6.43 Å². The third kappa shape index (κ3) is 3.46. The van der Waals surface area contributed by atoms with Crippen molar-refractivity contribution in [2.75, 3.05) is 0 Å². The van der Waals surface area contributed by atoms with E-state index in [0.717, 1.165) is 11.3 Å². The zero-order chi connectivity index (χ0) is 14.9. The van der Waals surface area contributed by atoms with Gasteiger partial charge in [0, 0.05) is 38.4 Å². The van der Waals surface area contributed by atoms with Gasteiger partial charge in [0.2, 0.25) is 0 Å². The van der Waals surface area contributed by atoms with E-state index in [4.69, 9.17) is 34.8 Å². The fourth-order valence-corrected chi connectivity index (χ4v) is 2.99. The highest BCUT2D eigenvalue weighted by Crippen LogP contribution is 2.33. The summed E-state index contributed by atoms with van der Waals surface area (Å²) < 4.78 is 25.1. The van der Waals surface area contributed by atoms with Crippen molar-refractivity contribution in [3.63, 3.8) is 0 Å². The molecule has 0 aliphatic rings. The van der Waals surface area contributed by atoms with E-state index in [1.807, 2.05) is 6.92 Å². The van der Waals surface area contributed by atoms with E-state index in [0.29, 0.717) is 21.5 Å². The van der Waals surface area contributed by atoms with Crippen LogP contribution in [0.5, 0.6) is 0 Å². The molecule has 0 amide bonds. The van der Waals surface area contributed by atoms with Crippen molar-refractivity contribution < 1.29 is 8.78 Å². The number of rotatable bonds is 4. The zero-order valence-electron chi connectivity index (χ0n) is 10.6. The average molecular weight is 339 g/mol. The van der Waals surface area contributed by atoms with Gasteiger partial charge >= 0.3 is 0 Å². The second-order valence-electron chi connectivity index (χ2n) is 4.64. The summed E-state index contributed by atoms with van der Waals surface area (Å²) in [4.78, 5) is 2.87. The lowest BCUT2D eigenvalue weighted by molar-refractivity contribution is 0.151. The summed E-state index contributed by atoms with van der Waals surface area (Å²) in [6.45, 7) is 1.92. The van der Waals surface area contributed by atoms with Gasteiger partial charge < -0.3 is 4.98 Å². The predicted octanol–water partition coefficient (Wildman–Crippen LogP) is 6.26. The Morgan fingerprint density at radius 1 is 1.10 bits per heavy atom. The molecule has 1 aromatic heterocycles. The summed E-state index contributed by atoms with van der Waals surface area (Å²) >= 11 is 18.1. The number of nitrogens with one attached hydrogen (secondary N) is 1. The minimum atomic E-state index is -2.48. The predicted molar refractivity (Wildman–Crippen MR) is 79.3 cm³/mol. The minimum Gasteiger partial charge on any atom is -0.364 e. The molecule has 0 fully saturated rings. The van der Waals surface area contributed by atoms with Crippen molar-refractivity contribution in [1.29, 1.82) is 0 Å². The fourth-order valence-electron chi connectivity index (χ4n) is 2.02. The lowest BCUT2D eigenvalue weighted by atomic mass is 9.98. The van der Waals surface area contributed by atoms with E-state index in [9.17, 15) is 8.78 Å². The van der Waals surface area contributed by atoms with Crippen LogP contribution in [-0.2, 0) is 6.42 Å². The van der Waals surface area contributed by atoms with E-state index in [1.165, 1.54) is 12.3 Å². The summed E-state index contributed by atoms with van der Waals surface area (Å²) in [6.07, 6.45) is -0.616. The molecule has 0 saturated heterocycles. The third-order valence-electron chi connectivity index (χ3n) is 3.13.